The molecule has 0 spiro atoms. The van der Waals surface area contributed by atoms with E-state index in [-0.39, 0.29) is 17.8 Å². The number of carbonyl (C=O) groups excluding carboxylic acids is 2. The van der Waals surface area contributed by atoms with Gasteiger partial charge in [-0.15, -0.1) is 0 Å². The first-order valence-corrected chi connectivity index (χ1v) is 8.23. The summed E-state index contributed by atoms with van der Waals surface area (Å²) in [7, 11) is 0. The highest BCUT2D eigenvalue weighted by atomic mass is 16.5. The summed E-state index contributed by atoms with van der Waals surface area (Å²) in [6.45, 7) is 5.85. The molecular weight excluding hydrogens is 290 g/mol. The molecule has 1 aromatic carbocycles. The summed E-state index contributed by atoms with van der Waals surface area (Å²) in [4.78, 5) is 24.2. The van der Waals surface area contributed by atoms with Gasteiger partial charge in [0.1, 0.15) is 0 Å². The standard InChI is InChI=1S/C19H25NO3/c1-13(2)15-9-11-17(12-10-15)20-18(21)14(3)23-19(22)16-7-5-4-6-8-16/h4-5,9-14,16H,6-8H2,1-3H3,(H,20,21)/t14-,16+/m0/s1. The number of nitrogens with one attached hydrogen (secondary N) is 1. The summed E-state index contributed by atoms with van der Waals surface area (Å²) in [5, 5.41) is 2.79. The first kappa shape index (κ1) is 17.3. The zero-order chi connectivity index (χ0) is 16.8. The molecule has 0 aromatic heterocycles. The molecule has 4 heteroatoms. The van der Waals surface area contributed by atoms with Gasteiger partial charge >= 0.3 is 5.97 Å². The van der Waals surface area contributed by atoms with Gasteiger partial charge in [-0.1, -0.05) is 38.1 Å². The fourth-order valence-electron chi connectivity index (χ4n) is 2.53. The molecule has 0 heterocycles. The van der Waals surface area contributed by atoms with Crippen LogP contribution in [0.4, 0.5) is 5.69 Å². The molecule has 1 aliphatic carbocycles. The average Bonchev–Trinajstić information content (AvgIpc) is 2.56. The maximum atomic E-state index is 12.1. The molecule has 1 aliphatic rings. The van der Waals surface area contributed by atoms with Gasteiger partial charge in [0.15, 0.2) is 6.10 Å². The zero-order valence-corrected chi connectivity index (χ0v) is 14.0. The lowest BCUT2D eigenvalue weighted by atomic mass is 9.95. The molecule has 0 unspecified atom stereocenters. The number of esters is 1. The van der Waals surface area contributed by atoms with Crippen molar-refractivity contribution in [3.8, 4) is 0 Å². The van der Waals surface area contributed by atoms with Crippen LogP contribution in [0, 0.1) is 5.92 Å². The molecule has 2 rings (SSSR count). The third-order valence-corrected chi connectivity index (χ3v) is 4.11. The van der Waals surface area contributed by atoms with E-state index in [9.17, 15) is 9.59 Å². The normalized spacial score (nSPS) is 18.5. The lowest BCUT2D eigenvalue weighted by Crippen LogP contribution is -2.32. The van der Waals surface area contributed by atoms with Crippen LogP contribution < -0.4 is 5.32 Å². The van der Waals surface area contributed by atoms with Crippen LogP contribution in [0.2, 0.25) is 0 Å². The predicted molar refractivity (Wildman–Crippen MR) is 91.2 cm³/mol. The number of rotatable bonds is 5. The highest BCUT2D eigenvalue weighted by Gasteiger charge is 2.25. The third kappa shape index (κ3) is 4.95. The molecule has 124 valence electrons. The van der Waals surface area contributed by atoms with E-state index in [0.29, 0.717) is 18.0 Å². The van der Waals surface area contributed by atoms with E-state index < -0.39 is 6.10 Å². The topological polar surface area (TPSA) is 55.4 Å². The van der Waals surface area contributed by atoms with Crippen molar-refractivity contribution >= 4 is 17.6 Å². The van der Waals surface area contributed by atoms with Crippen LogP contribution in [-0.4, -0.2) is 18.0 Å². The summed E-state index contributed by atoms with van der Waals surface area (Å²) in [5.41, 5.74) is 1.93. The molecule has 2 atom stereocenters. The van der Waals surface area contributed by atoms with Crippen LogP contribution in [0.1, 0.15) is 51.5 Å². The Morgan fingerprint density at radius 2 is 1.83 bits per heavy atom. The Labute approximate surface area is 137 Å². The van der Waals surface area contributed by atoms with Gasteiger partial charge in [0, 0.05) is 5.69 Å². The van der Waals surface area contributed by atoms with Gasteiger partial charge in [0.2, 0.25) is 0 Å². The van der Waals surface area contributed by atoms with Gasteiger partial charge < -0.3 is 10.1 Å². The highest BCUT2D eigenvalue weighted by molar-refractivity contribution is 5.95. The number of carbonyl (C=O) groups is 2. The maximum Gasteiger partial charge on any atom is 0.310 e. The Morgan fingerprint density at radius 3 is 2.39 bits per heavy atom. The molecule has 0 saturated heterocycles. The van der Waals surface area contributed by atoms with Gasteiger partial charge in [0.05, 0.1) is 5.92 Å². The molecule has 0 radical (unpaired) electrons. The number of ether oxygens (including phenoxy) is 1. The number of hydrogen-bond acceptors (Lipinski definition) is 3. The van der Waals surface area contributed by atoms with Crippen molar-refractivity contribution in [2.75, 3.05) is 5.32 Å². The third-order valence-electron chi connectivity index (χ3n) is 4.11. The second-order valence-corrected chi connectivity index (χ2v) is 6.33. The van der Waals surface area contributed by atoms with E-state index in [1.165, 1.54) is 5.56 Å². The van der Waals surface area contributed by atoms with Crippen LogP contribution in [0.15, 0.2) is 36.4 Å². The van der Waals surface area contributed by atoms with Crippen LogP contribution in [0.5, 0.6) is 0 Å². The maximum absolute atomic E-state index is 12.1. The fraction of sp³-hybridized carbons (Fsp3) is 0.474. The number of amides is 1. The molecular formula is C19H25NO3. The van der Waals surface area contributed by atoms with Gasteiger partial charge in [0.25, 0.3) is 5.91 Å². The van der Waals surface area contributed by atoms with Crippen molar-refractivity contribution in [3.63, 3.8) is 0 Å². The minimum Gasteiger partial charge on any atom is -0.452 e. The van der Waals surface area contributed by atoms with Gasteiger partial charge in [-0.25, -0.2) is 0 Å². The van der Waals surface area contributed by atoms with Crippen molar-refractivity contribution in [3.05, 3.63) is 42.0 Å². The number of hydrogen-bond donors (Lipinski definition) is 1. The van der Waals surface area contributed by atoms with Crippen molar-refractivity contribution in [1.29, 1.82) is 0 Å². The van der Waals surface area contributed by atoms with Crippen LogP contribution in [0.3, 0.4) is 0 Å². The minimum atomic E-state index is -0.793. The van der Waals surface area contributed by atoms with E-state index in [2.05, 4.69) is 25.2 Å². The first-order chi connectivity index (χ1) is 11.0. The van der Waals surface area contributed by atoms with Crippen molar-refractivity contribution < 1.29 is 14.3 Å². The summed E-state index contributed by atoms with van der Waals surface area (Å²) in [6, 6.07) is 7.72. The van der Waals surface area contributed by atoms with E-state index in [1.54, 1.807) is 6.92 Å². The molecule has 0 fully saturated rings. The average molecular weight is 315 g/mol. The van der Waals surface area contributed by atoms with Gasteiger partial charge in [-0.3, -0.25) is 9.59 Å². The molecule has 0 saturated carbocycles. The lowest BCUT2D eigenvalue weighted by molar-refractivity contribution is -0.157. The van der Waals surface area contributed by atoms with Gasteiger partial charge in [-0.2, -0.15) is 0 Å². The molecule has 4 nitrogen and oxygen atoms in total. The number of allylic oxidation sites excluding steroid dienone is 2. The van der Waals surface area contributed by atoms with E-state index >= 15 is 0 Å². The predicted octanol–water partition coefficient (Wildman–Crippen LogP) is 4.04. The zero-order valence-electron chi connectivity index (χ0n) is 14.0. The van der Waals surface area contributed by atoms with E-state index in [4.69, 9.17) is 4.74 Å². The largest absolute Gasteiger partial charge is 0.452 e. The Morgan fingerprint density at radius 1 is 1.13 bits per heavy atom. The Balaban J connectivity index is 1.86. The Kier molecular flexibility index (Phi) is 5.97. The summed E-state index contributed by atoms with van der Waals surface area (Å²) in [5.74, 6) is -0.265. The van der Waals surface area contributed by atoms with Crippen molar-refractivity contribution in [2.24, 2.45) is 5.92 Å². The lowest BCUT2D eigenvalue weighted by Gasteiger charge is -2.19. The van der Waals surface area contributed by atoms with E-state index in [0.717, 1.165) is 12.8 Å². The van der Waals surface area contributed by atoms with Crippen molar-refractivity contribution in [1.82, 2.24) is 0 Å². The van der Waals surface area contributed by atoms with Crippen LogP contribution >= 0.6 is 0 Å². The van der Waals surface area contributed by atoms with Gasteiger partial charge in [-0.05, 0) is 49.8 Å². The SMILES string of the molecule is CC(C)c1ccc(NC(=O)[C@H](C)OC(=O)[C@@H]2CC=CCC2)cc1. The summed E-state index contributed by atoms with van der Waals surface area (Å²) < 4.78 is 5.30. The second-order valence-electron chi connectivity index (χ2n) is 6.33. The highest BCUT2D eigenvalue weighted by Crippen LogP contribution is 2.21. The molecule has 0 bridgehead atoms. The molecule has 23 heavy (non-hydrogen) atoms. The van der Waals surface area contributed by atoms with Crippen LogP contribution in [0.25, 0.3) is 0 Å². The minimum absolute atomic E-state index is 0.124. The van der Waals surface area contributed by atoms with E-state index in [1.807, 2.05) is 30.3 Å². The fourth-order valence-corrected chi connectivity index (χ4v) is 2.53. The molecule has 1 N–H and O–H groups in total. The molecule has 1 aromatic rings. The smallest absolute Gasteiger partial charge is 0.310 e. The Hall–Kier alpha value is -2.10. The number of benzene rings is 1. The van der Waals surface area contributed by atoms with Crippen molar-refractivity contribution in [2.45, 2.75) is 52.1 Å². The Bertz CT molecular complexity index is 575. The second kappa shape index (κ2) is 7.95. The first-order valence-electron chi connectivity index (χ1n) is 8.23. The van der Waals surface area contributed by atoms with Crippen LogP contribution in [-0.2, 0) is 14.3 Å². The monoisotopic (exact) mass is 315 g/mol. The molecule has 0 aliphatic heterocycles. The quantitative estimate of drug-likeness (QED) is 0.659. The summed E-state index contributed by atoms with van der Waals surface area (Å²) in [6.07, 6.45) is 5.65. The number of anilines is 1. The molecule has 1 amide bonds. The summed E-state index contributed by atoms with van der Waals surface area (Å²) >= 11 is 0.